The van der Waals surface area contributed by atoms with Crippen LogP contribution in [-0.2, 0) is 4.79 Å². The zero-order valence-electron chi connectivity index (χ0n) is 7.82. The molecule has 0 unspecified atom stereocenters. The second-order valence-corrected chi connectivity index (χ2v) is 2.97. The molecular formula is C10H11N3O. The Kier molecular flexibility index (Phi) is 3.21. The predicted octanol–water partition coefficient (Wildman–Crippen LogP) is 0.844. The Hall–Kier alpha value is -1.86. The molecule has 14 heavy (non-hydrogen) atoms. The molecular weight excluding hydrogens is 178 g/mol. The second kappa shape index (κ2) is 4.40. The van der Waals surface area contributed by atoms with Gasteiger partial charge in [0.15, 0.2) is 0 Å². The van der Waals surface area contributed by atoms with E-state index in [1.807, 2.05) is 6.07 Å². The van der Waals surface area contributed by atoms with Crippen molar-refractivity contribution in [2.75, 3.05) is 5.32 Å². The number of carbonyl (C=O) groups excluding carboxylic acids is 1. The van der Waals surface area contributed by atoms with Crippen molar-refractivity contribution in [2.24, 2.45) is 5.73 Å². The van der Waals surface area contributed by atoms with E-state index >= 15 is 0 Å². The van der Waals surface area contributed by atoms with E-state index in [4.69, 9.17) is 11.0 Å². The number of amides is 1. The van der Waals surface area contributed by atoms with Gasteiger partial charge < -0.3 is 11.1 Å². The summed E-state index contributed by atoms with van der Waals surface area (Å²) in [5.41, 5.74) is 6.47. The van der Waals surface area contributed by atoms with Crippen molar-refractivity contribution in [1.29, 1.82) is 5.26 Å². The van der Waals surface area contributed by atoms with E-state index < -0.39 is 6.04 Å². The van der Waals surface area contributed by atoms with Gasteiger partial charge in [0.25, 0.3) is 0 Å². The van der Waals surface area contributed by atoms with Gasteiger partial charge >= 0.3 is 0 Å². The van der Waals surface area contributed by atoms with Crippen LogP contribution in [0.15, 0.2) is 24.3 Å². The lowest BCUT2D eigenvalue weighted by atomic mass is 10.2. The first-order valence-electron chi connectivity index (χ1n) is 4.20. The van der Waals surface area contributed by atoms with Gasteiger partial charge in [0.1, 0.15) is 0 Å². The minimum absolute atomic E-state index is 0.264. The van der Waals surface area contributed by atoms with Crippen molar-refractivity contribution < 1.29 is 4.79 Å². The normalized spacial score (nSPS) is 11.5. The standard InChI is InChI=1S/C10H11N3O/c1-7(12)10(14)13-9-4-2-3-8(5-9)6-11/h2-5,7H,12H2,1H3,(H,13,14)/t7-/m0/s1. The number of benzene rings is 1. The van der Waals surface area contributed by atoms with Crippen LogP contribution < -0.4 is 11.1 Å². The summed E-state index contributed by atoms with van der Waals surface area (Å²) in [5, 5.41) is 11.2. The number of hydrogen-bond donors (Lipinski definition) is 2. The summed E-state index contributed by atoms with van der Waals surface area (Å²) in [5.74, 6) is -0.264. The van der Waals surface area contributed by atoms with E-state index in [0.29, 0.717) is 11.3 Å². The average Bonchev–Trinajstić information content (AvgIpc) is 2.18. The molecule has 0 saturated heterocycles. The number of anilines is 1. The molecule has 0 saturated carbocycles. The molecule has 1 atom stereocenters. The molecule has 1 aromatic carbocycles. The molecule has 72 valence electrons. The number of rotatable bonds is 2. The third-order valence-corrected chi connectivity index (χ3v) is 1.67. The average molecular weight is 189 g/mol. The molecule has 0 spiro atoms. The van der Waals surface area contributed by atoms with Crippen LogP contribution in [0.25, 0.3) is 0 Å². The monoisotopic (exact) mass is 189 g/mol. The lowest BCUT2D eigenvalue weighted by molar-refractivity contribution is -0.117. The summed E-state index contributed by atoms with van der Waals surface area (Å²) in [7, 11) is 0. The Bertz CT molecular complexity index is 379. The van der Waals surface area contributed by atoms with Gasteiger partial charge in [0.2, 0.25) is 5.91 Å². The predicted molar refractivity (Wildman–Crippen MR) is 53.4 cm³/mol. The Labute approximate surface area is 82.3 Å². The number of nitriles is 1. The van der Waals surface area contributed by atoms with Gasteiger partial charge in [0.05, 0.1) is 17.7 Å². The molecule has 4 nitrogen and oxygen atoms in total. The highest BCUT2D eigenvalue weighted by Gasteiger charge is 2.06. The van der Waals surface area contributed by atoms with Crippen LogP contribution in [0.3, 0.4) is 0 Å². The van der Waals surface area contributed by atoms with E-state index in [-0.39, 0.29) is 5.91 Å². The molecule has 0 aliphatic rings. The van der Waals surface area contributed by atoms with Gasteiger partial charge in [-0.15, -0.1) is 0 Å². The summed E-state index contributed by atoms with van der Waals surface area (Å²) in [6.45, 7) is 1.60. The third-order valence-electron chi connectivity index (χ3n) is 1.67. The van der Waals surface area contributed by atoms with E-state index in [1.54, 1.807) is 31.2 Å². The molecule has 4 heteroatoms. The van der Waals surface area contributed by atoms with E-state index in [2.05, 4.69) is 5.32 Å². The van der Waals surface area contributed by atoms with E-state index in [1.165, 1.54) is 0 Å². The Balaban J connectivity index is 2.78. The first kappa shape index (κ1) is 10.2. The molecule has 0 fully saturated rings. The van der Waals surface area contributed by atoms with Crippen LogP contribution in [0.5, 0.6) is 0 Å². The zero-order valence-corrected chi connectivity index (χ0v) is 7.82. The minimum Gasteiger partial charge on any atom is -0.325 e. The molecule has 0 aromatic heterocycles. The Morgan fingerprint density at radius 2 is 2.36 bits per heavy atom. The van der Waals surface area contributed by atoms with Gasteiger partial charge in [-0.25, -0.2) is 0 Å². The fourth-order valence-corrected chi connectivity index (χ4v) is 0.923. The highest BCUT2D eigenvalue weighted by Crippen LogP contribution is 2.09. The van der Waals surface area contributed by atoms with Gasteiger partial charge in [-0.3, -0.25) is 4.79 Å². The maximum absolute atomic E-state index is 11.2. The molecule has 0 aliphatic carbocycles. The van der Waals surface area contributed by atoms with Crippen LogP contribution in [0, 0.1) is 11.3 Å². The molecule has 0 bridgehead atoms. The number of nitrogens with two attached hydrogens (primary N) is 1. The molecule has 1 aromatic rings. The SMILES string of the molecule is C[C@H](N)C(=O)Nc1cccc(C#N)c1. The van der Waals surface area contributed by atoms with Crippen LogP contribution in [0.1, 0.15) is 12.5 Å². The molecule has 0 heterocycles. The van der Waals surface area contributed by atoms with E-state index in [9.17, 15) is 4.79 Å². The van der Waals surface area contributed by atoms with Crippen molar-refractivity contribution in [2.45, 2.75) is 13.0 Å². The fraction of sp³-hybridized carbons (Fsp3) is 0.200. The van der Waals surface area contributed by atoms with Crippen molar-refractivity contribution in [3.05, 3.63) is 29.8 Å². The van der Waals surface area contributed by atoms with Crippen molar-refractivity contribution in [3.8, 4) is 6.07 Å². The quantitative estimate of drug-likeness (QED) is 0.723. The summed E-state index contributed by atoms with van der Waals surface area (Å²) in [4.78, 5) is 11.2. The maximum atomic E-state index is 11.2. The van der Waals surface area contributed by atoms with Crippen molar-refractivity contribution in [3.63, 3.8) is 0 Å². The topological polar surface area (TPSA) is 78.9 Å². The van der Waals surface area contributed by atoms with Crippen LogP contribution in [-0.4, -0.2) is 11.9 Å². The largest absolute Gasteiger partial charge is 0.325 e. The highest BCUT2D eigenvalue weighted by molar-refractivity contribution is 5.94. The van der Waals surface area contributed by atoms with Crippen LogP contribution in [0.2, 0.25) is 0 Å². The summed E-state index contributed by atoms with van der Waals surface area (Å²) in [6, 6.07) is 8.11. The lowest BCUT2D eigenvalue weighted by Crippen LogP contribution is -2.32. The van der Waals surface area contributed by atoms with Crippen molar-refractivity contribution >= 4 is 11.6 Å². The van der Waals surface area contributed by atoms with Gasteiger partial charge in [-0.1, -0.05) is 6.07 Å². The van der Waals surface area contributed by atoms with Gasteiger partial charge in [-0.2, -0.15) is 5.26 Å². The number of nitrogens with one attached hydrogen (secondary N) is 1. The van der Waals surface area contributed by atoms with E-state index in [0.717, 1.165) is 0 Å². The zero-order chi connectivity index (χ0) is 10.6. The lowest BCUT2D eigenvalue weighted by Gasteiger charge is -2.07. The first-order valence-corrected chi connectivity index (χ1v) is 4.20. The number of hydrogen-bond acceptors (Lipinski definition) is 3. The van der Waals surface area contributed by atoms with Gasteiger partial charge in [-0.05, 0) is 25.1 Å². The molecule has 1 rings (SSSR count). The summed E-state index contributed by atoms with van der Waals surface area (Å²) in [6.07, 6.45) is 0. The number of nitrogens with zero attached hydrogens (tertiary/aromatic N) is 1. The highest BCUT2D eigenvalue weighted by atomic mass is 16.2. The van der Waals surface area contributed by atoms with Crippen LogP contribution >= 0.6 is 0 Å². The van der Waals surface area contributed by atoms with Gasteiger partial charge in [0, 0.05) is 5.69 Å². The molecule has 0 radical (unpaired) electrons. The third kappa shape index (κ3) is 2.57. The van der Waals surface area contributed by atoms with Crippen molar-refractivity contribution in [1.82, 2.24) is 0 Å². The van der Waals surface area contributed by atoms with Crippen LogP contribution in [0.4, 0.5) is 5.69 Å². The number of carbonyl (C=O) groups is 1. The fourth-order valence-electron chi connectivity index (χ4n) is 0.923. The summed E-state index contributed by atoms with van der Waals surface area (Å²) >= 11 is 0. The summed E-state index contributed by atoms with van der Waals surface area (Å²) < 4.78 is 0. The molecule has 0 aliphatic heterocycles. The smallest absolute Gasteiger partial charge is 0.240 e. The maximum Gasteiger partial charge on any atom is 0.240 e. The second-order valence-electron chi connectivity index (χ2n) is 2.97. The Morgan fingerprint density at radius 3 is 2.93 bits per heavy atom. The molecule has 1 amide bonds. The minimum atomic E-state index is -0.555. The molecule has 3 N–H and O–H groups in total. The first-order chi connectivity index (χ1) is 6.63. The Morgan fingerprint density at radius 1 is 1.64 bits per heavy atom.